The summed E-state index contributed by atoms with van der Waals surface area (Å²) >= 11 is 21.9. The first-order valence-corrected chi connectivity index (χ1v) is 8.19. The molecule has 2 nitrogen and oxygen atoms in total. The molecular weight excluding hydrogens is 396 g/mol. The molecule has 1 atom stereocenters. The molecule has 2 aromatic rings. The van der Waals surface area contributed by atoms with Gasteiger partial charge in [0.25, 0.3) is 0 Å². The molecule has 0 radical (unpaired) electrons. The number of hydrogen-bond acceptors (Lipinski definition) is 2. The van der Waals surface area contributed by atoms with E-state index in [1.807, 2.05) is 19.1 Å². The van der Waals surface area contributed by atoms with Crippen LogP contribution in [0.3, 0.4) is 0 Å². The van der Waals surface area contributed by atoms with Gasteiger partial charge < -0.3 is 10.5 Å². The van der Waals surface area contributed by atoms with Crippen molar-refractivity contribution in [2.45, 2.75) is 13.0 Å². The lowest BCUT2D eigenvalue weighted by atomic mass is 9.99. The van der Waals surface area contributed by atoms with Crippen molar-refractivity contribution in [1.82, 2.24) is 0 Å². The maximum absolute atomic E-state index is 6.30. The minimum atomic E-state index is -0.403. The lowest BCUT2D eigenvalue weighted by Gasteiger charge is -2.17. The summed E-state index contributed by atoms with van der Waals surface area (Å²) in [4.78, 5) is 0. The maximum atomic E-state index is 6.30. The summed E-state index contributed by atoms with van der Waals surface area (Å²) in [5.41, 5.74) is 7.90. The summed E-state index contributed by atoms with van der Waals surface area (Å²) in [6.07, 6.45) is 0. The predicted molar refractivity (Wildman–Crippen MR) is 92.8 cm³/mol. The standard InChI is InChI=1S/C15H13BrCl3NO/c1-2-21-14-7-12(18)9(6-13(14)19)15(20)8-3-4-11(17)10(16)5-8/h3-7,15H,2,20H2,1H3. The fourth-order valence-electron chi connectivity index (χ4n) is 1.93. The Morgan fingerprint density at radius 2 is 1.81 bits per heavy atom. The monoisotopic (exact) mass is 407 g/mol. The molecule has 2 rings (SSSR count). The van der Waals surface area contributed by atoms with Gasteiger partial charge in [0.1, 0.15) is 5.75 Å². The average molecular weight is 410 g/mol. The molecule has 0 aliphatic heterocycles. The fraction of sp³-hybridized carbons (Fsp3) is 0.200. The second-order valence-electron chi connectivity index (χ2n) is 4.39. The first-order chi connectivity index (χ1) is 9.93. The minimum Gasteiger partial charge on any atom is -0.492 e. The molecule has 2 aromatic carbocycles. The molecule has 0 fully saturated rings. The third kappa shape index (κ3) is 3.85. The topological polar surface area (TPSA) is 35.2 Å². The largest absolute Gasteiger partial charge is 0.492 e. The molecule has 0 aromatic heterocycles. The Labute approximate surface area is 147 Å². The second-order valence-corrected chi connectivity index (χ2v) is 6.46. The maximum Gasteiger partial charge on any atom is 0.139 e. The van der Waals surface area contributed by atoms with E-state index in [4.69, 9.17) is 45.3 Å². The third-order valence-electron chi connectivity index (χ3n) is 2.99. The van der Waals surface area contributed by atoms with Crippen molar-refractivity contribution >= 4 is 50.7 Å². The summed E-state index contributed by atoms with van der Waals surface area (Å²) in [5, 5.41) is 1.63. The number of halogens is 4. The molecule has 112 valence electrons. The first kappa shape index (κ1) is 16.9. The summed E-state index contributed by atoms with van der Waals surface area (Å²) in [6.45, 7) is 2.40. The van der Waals surface area contributed by atoms with Gasteiger partial charge in [-0.15, -0.1) is 0 Å². The molecule has 0 aliphatic carbocycles. The van der Waals surface area contributed by atoms with Crippen molar-refractivity contribution in [2.75, 3.05) is 6.61 Å². The Balaban J connectivity index is 2.40. The highest BCUT2D eigenvalue weighted by molar-refractivity contribution is 9.10. The number of hydrogen-bond donors (Lipinski definition) is 1. The molecule has 2 N–H and O–H groups in total. The van der Waals surface area contributed by atoms with Gasteiger partial charge in [-0.2, -0.15) is 0 Å². The van der Waals surface area contributed by atoms with Crippen molar-refractivity contribution in [3.05, 3.63) is 61.0 Å². The van der Waals surface area contributed by atoms with E-state index in [-0.39, 0.29) is 0 Å². The average Bonchev–Trinajstić information content (AvgIpc) is 2.45. The smallest absolute Gasteiger partial charge is 0.139 e. The van der Waals surface area contributed by atoms with Crippen LogP contribution in [-0.4, -0.2) is 6.61 Å². The lowest BCUT2D eigenvalue weighted by Crippen LogP contribution is -2.12. The second kappa shape index (κ2) is 7.21. The van der Waals surface area contributed by atoms with Gasteiger partial charge in [-0.05, 0) is 52.2 Å². The summed E-state index contributed by atoms with van der Waals surface area (Å²) in [5.74, 6) is 0.553. The molecule has 0 amide bonds. The van der Waals surface area contributed by atoms with Crippen LogP contribution in [0, 0.1) is 0 Å². The van der Waals surface area contributed by atoms with Crippen molar-refractivity contribution in [1.29, 1.82) is 0 Å². The van der Waals surface area contributed by atoms with Gasteiger partial charge >= 0.3 is 0 Å². The van der Waals surface area contributed by atoms with E-state index in [9.17, 15) is 0 Å². The van der Waals surface area contributed by atoms with Crippen LogP contribution in [0.5, 0.6) is 5.75 Å². The van der Waals surface area contributed by atoms with E-state index >= 15 is 0 Å². The van der Waals surface area contributed by atoms with E-state index in [1.165, 1.54) is 0 Å². The highest BCUT2D eigenvalue weighted by Gasteiger charge is 2.16. The van der Waals surface area contributed by atoms with E-state index in [0.29, 0.717) is 27.4 Å². The Kier molecular flexibility index (Phi) is 5.81. The quantitative estimate of drug-likeness (QED) is 0.687. The molecule has 0 aliphatic rings. The molecule has 0 saturated carbocycles. The molecule has 0 heterocycles. The van der Waals surface area contributed by atoms with Crippen LogP contribution in [-0.2, 0) is 0 Å². The van der Waals surface area contributed by atoms with Gasteiger partial charge in [-0.3, -0.25) is 0 Å². The van der Waals surface area contributed by atoms with Gasteiger partial charge in [0.15, 0.2) is 0 Å². The van der Waals surface area contributed by atoms with Crippen LogP contribution < -0.4 is 10.5 Å². The van der Waals surface area contributed by atoms with Crippen molar-refractivity contribution in [2.24, 2.45) is 5.73 Å². The van der Waals surface area contributed by atoms with Crippen LogP contribution in [0.4, 0.5) is 0 Å². The van der Waals surface area contributed by atoms with Crippen LogP contribution >= 0.6 is 50.7 Å². The van der Waals surface area contributed by atoms with Crippen LogP contribution in [0.1, 0.15) is 24.1 Å². The van der Waals surface area contributed by atoms with E-state index in [0.717, 1.165) is 15.6 Å². The van der Waals surface area contributed by atoms with Gasteiger partial charge in [0.2, 0.25) is 0 Å². The summed E-state index contributed by atoms with van der Waals surface area (Å²) in [6, 6.07) is 8.53. The zero-order valence-corrected chi connectivity index (χ0v) is 15.0. The van der Waals surface area contributed by atoms with Gasteiger partial charge in [-0.25, -0.2) is 0 Å². The van der Waals surface area contributed by atoms with Gasteiger partial charge in [-0.1, -0.05) is 40.9 Å². The third-order valence-corrected chi connectivity index (χ3v) is 4.83. The number of rotatable bonds is 4. The van der Waals surface area contributed by atoms with Gasteiger partial charge in [0.05, 0.1) is 22.7 Å². The first-order valence-electron chi connectivity index (χ1n) is 6.26. The Morgan fingerprint density at radius 1 is 1.10 bits per heavy atom. The zero-order chi connectivity index (χ0) is 15.6. The number of ether oxygens (including phenoxy) is 1. The van der Waals surface area contributed by atoms with Crippen molar-refractivity contribution in [3.63, 3.8) is 0 Å². The fourth-order valence-corrected chi connectivity index (χ4v) is 2.95. The van der Waals surface area contributed by atoms with E-state index in [1.54, 1.807) is 18.2 Å². The molecular formula is C15H13BrCl3NO. The molecule has 0 bridgehead atoms. The molecule has 6 heteroatoms. The van der Waals surface area contributed by atoms with E-state index < -0.39 is 6.04 Å². The molecule has 0 spiro atoms. The van der Waals surface area contributed by atoms with Crippen LogP contribution in [0.15, 0.2) is 34.8 Å². The van der Waals surface area contributed by atoms with Gasteiger partial charge in [0, 0.05) is 15.6 Å². The van der Waals surface area contributed by atoms with Crippen molar-refractivity contribution < 1.29 is 4.74 Å². The zero-order valence-electron chi connectivity index (χ0n) is 11.2. The lowest BCUT2D eigenvalue weighted by molar-refractivity contribution is 0.340. The Hall–Kier alpha value is -0.450. The number of nitrogens with two attached hydrogens (primary N) is 1. The van der Waals surface area contributed by atoms with E-state index in [2.05, 4.69) is 15.9 Å². The highest BCUT2D eigenvalue weighted by atomic mass is 79.9. The Bertz CT molecular complexity index is 664. The van der Waals surface area contributed by atoms with Crippen molar-refractivity contribution in [3.8, 4) is 5.75 Å². The molecule has 21 heavy (non-hydrogen) atoms. The SMILES string of the molecule is CCOc1cc(Cl)c(C(N)c2ccc(Cl)c(Br)c2)cc1Cl. The van der Waals surface area contributed by atoms with Crippen LogP contribution in [0.2, 0.25) is 15.1 Å². The van der Waals surface area contributed by atoms with Crippen LogP contribution in [0.25, 0.3) is 0 Å². The Morgan fingerprint density at radius 3 is 2.43 bits per heavy atom. The number of benzene rings is 2. The molecule has 0 saturated heterocycles. The minimum absolute atomic E-state index is 0.403. The highest BCUT2D eigenvalue weighted by Crippen LogP contribution is 2.36. The molecule has 1 unspecified atom stereocenters. The summed E-state index contributed by atoms with van der Waals surface area (Å²) < 4.78 is 6.19. The summed E-state index contributed by atoms with van der Waals surface area (Å²) in [7, 11) is 0. The normalized spacial score (nSPS) is 12.3. The predicted octanol–water partition coefficient (Wildman–Crippen LogP) is 5.86.